The normalized spacial score (nSPS) is 25.8. The van der Waals surface area contributed by atoms with Crippen LogP contribution in [-0.2, 0) is 0 Å². The number of hydrogen-bond acceptors (Lipinski definition) is 2. The van der Waals surface area contributed by atoms with Gasteiger partial charge in [-0.25, -0.2) is 0 Å². The Morgan fingerprint density at radius 2 is 1.93 bits per heavy atom. The predicted octanol–water partition coefficient (Wildman–Crippen LogP) is 1.40. The summed E-state index contributed by atoms with van der Waals surface area (Å²) in [4.78, 5) is 0. The molecule has 2 atom stereocenters. The largest absolute Gasteiger partial charge is 0.396 e. The second kappa shape index (κ2) is 5.35. The molecule has 2 rings (SSSR count). The van der Waals surface area contributed by atoms with Crippen molar-refractivity contribution >= 4 is 12.4 Å². The van der Waals surface area contributed by atoms with Crippen molar-refractivity contribution in [3.8, 4) is 0 Å². The van der Waals surface area contributed by atoms with E-state index in [-0.39, 0.29) is 19.0 Å². The van der Waals surface area contributed by atoms with Crippen molar-refractivity contribution in [1.82, 2.24) is 5.32 Å². The maximum atomic E-state index is 9.16. The molecule has 1 heterocycles. The molecule has 0 radical (unpaired) electrons. The maximum Gasteiger partial charge on any atom is 0.0477 e. The van der Waals surface area contributed by atoms with E-state index in [4.69, 9.17) is 5.11 Å². The third-order valence-corrected chi connectivity index (χ3v) is 2.80. The minimum absolute atomic E-state index is 0. The summed E-state index contributed by atoms with van der Waals surface area (Å²) in [6.07, 6.45) is 0. The average Bonchev–Trinajstić information content (AvgIpc) is 2.67. The van der Waals surface area contributed by atoms with Crippen molar-refractivity contribution in [3.05, 3.63) is 35.9 Å². The monoisotopic (exact) mass is 213 g/mol. The minimum Gasteiger partial charge on any atom is -0.396 e. The smallest absolute Gasteiger partial charge is 0.0477 e. The Bertz CT molecular complexity index is 265. The first-order chi connectivity index (χ1) is 6.42. The molecule has 2 N–H and O–H groups in total. The van der Waals surface area contributed by atoms with Gasteiger partial charge in [0.25, 0.3) is 0 Å². The zero-order chi connectivity index (χ0) is 9.10. The molecule has 0 spiro atoms. The highest BCUT2D eigenvalue weighted by atomic mass is 35.5. The van der Waals surface area contributed by atoms with Gasteiger partial charge in [-0.1, -0.05) is 30.3 Å². The van der Waals surface area contributed by atoms with Crippen molar-refractivity contribution < 1.29 is 5.11 Å². The first-order valence-corrected chi connectivity index (χ1v) is 4.78. The van der Waals surface area contributed by atoms with E-state index in [0.29, 0.717) is 11.8 Å². The summed E-state index contributed by atoms with van der Waals surface area (Å²) < 4.78 is 0. The number of benzene rings is 1. The number of halogens is 1. The summed E-state index contributed by atoms with van der Waals surface area (Å²) >= 11 is 0. The molecule has 1 fully saturated rings. The van der Waals surface area contributed by atoms with E-state index in [9.17, 15) is 0 Å². The molecule has 3 heteroatoms. The highest BCUT2D eigenvalue weighted by Gasteiger charge is 2.27. The second-order valence-electron chi connectivity index (χ2n) is 3.62. The summed E-state index contributed by atoms with van der Waals surface area (Å²) in [7, 11) is 0. The lowest BCUT2D eigenvalue weighted by Gasteiger charge is -2.15. The van der Waals surface area contributed by atoms with Gasteiger partial charge in [-0.05, 0) is 5.56 Å². The van der Waals surface area contributed by atoms with Gasteiger partial charge in [-0.2, -0.15) is 0 Å². The van der Waals surface area contributed by atoms with Crippen LogP contribution in [0.25, 0.3) is 0 Å². The van der Waals surface area contributed by atoms with Crippen molar-refractivity contribution in [2.24, 2.45) is 5.92 Å². The van der Waals surface area contributed by atoms with Crippen LogP contribution >= 0.6 is 12.4 Å². The molecule has 2 nitrogen and oxygen atoms in total. The highest BCUT2D eigenvalue weighted by Crippen LogP contribution is 2.27. The molecular formula is C11H16ClNO. The molecule has 0 unspecified atom stereocenters. The topological polar surface area (TPSA) is 32.3 Å². The Kier molecular flexibility index (Phi) is 4.39. The molecular weight excluding hydrogens is 198 g/mol. The number of rotatable bonds is 2. The van der Waals surface area contributed by atoms with Crippen molar-refractivity contribution in [2.75, 3.05) is 19.7 Å². The fourth-order valence-electron chi connectivity index (χ4n) is 2.02. The Hall–Kier alpha value is -0.570. The van der Waals surface area contributed by atoms with Gasteiger partial charge in [0.15, 0.2) is 0 Å². The fourth-order valence-corrected chi connectivity index (χ4v) is 2.02. The van der Waals surface area contributed by atoms with E-state index in [1.54, 1.807) is 0 Å². The van der Waals surface area contributed by atoms with Crippen LogP contribution in [0.15, 0.2) is 30.3 Å². The molecule has 0 bridgehead atoms. The van der Waals surface area contributed by atoms with Gasteiger partial charge in [-0.3, -0.25) is 0 Å². The van der Waals surface area contributed by atoms with Gasteiger partial charge in [0.1, 0.15) is 0 Å². The number of aliphatic hydroxyl groups excluding tert-OH is 1. The molecule has 1 aliphatic heterocycles. The van der Waals surface area contributed by atoms with Gasteiger partial charge < -0.3 is 10.4 Å². The molecule has 1 aromatic rings. The van der Waals surface area contributed by atoms with Crippen LogP contribution in [0.3, 0.4) is 0 Å². The molecule has 1 aliphatic rings. The van der Waals surface area contributed by atoms with Crippen LogP contribution < -0.4 is 5.32 Å². The van der Waals surface area contributed by atoms with Gasteiger partial charge in [0.05, 0.1) is 0 Å². The van der Waals surface area contributed by atoms with E-state index in [0.717, 1.165) is 13.1 Å². The number of aliphatic hydroxyl groups is 1. The van der Waals surface area contributed by atoms with Crippen LogP contribution in [0.2, 0.25) is 0 Å². The lowest BCUT2D eigenvalue weighted by molar-refractivity contribution is 0.226. The lowest BCUT2D eigenvalue weighted by atomic mass is 9.90. The molecule has 78 valence electrons. The third kappa shape index (κ3) is 2.27. The predicted molar refractivity (Wildman–Crippen MR) is 59.9 cm³/mol. The Morgan fingerprint density at radius 3 is 2.57 bits per heavy atom. The fraction of sp³-hybridized carbons (Fsp3) is 0.455. The van der Waals surface area contributed by atoms with E-state index in [1.165, 1.54) is 5.56 Å². The van der Waals surface area contributed by atoms with E-state index < -0.39 is 0 Å². The van der Waals surface area contributed by atoms with E-state index >= 15 is 0 Å². The Morgan fingerprint density at radius 1 is 1.21 bits per heavy atom. The highest BCUT2D eigenvalue weighted by molar-refractivity contribution is 5.85. The first kappa shape index (κ1) is 11.5. The summed E-state index contributed by atoms with van der Waals surface area (Å²) in [5.41, 5.74) is 1.34. The summed E-state index contributed by atoms with van der Waals surface area (Å²) in [6.45, 7) is 2.22. The average molecular weight is 214 g/mol. The summed E-state index contributed by atoms with van der Waals surface area (Å²) in [5.74, 6) is 0.883. The molecule has 0 saturated carbocycles. The van der Waals surface area contributed by atoms with Gasteiger partial charge >= 0.3 is 0 Å². The number of nitrogens with one attached hydrogen (secondary N) is 1. The van der Waals surface area contributed by atoms with Gasteiger partial charge in [0.2, 0.25) is 0 Å². The van der Waals surface area contributed by atoms with E-state index in [1.807, 2.05) is 6.07 Å². The third-order valence-electron chi connectivity index (χ3n) is 2.80. The van der Waals surface area contributed by atoms with Gasteiger partial charge in [-0.15, -0.1) is 12.4 Å². The molecule has 14 heavy (non-hydrogen) atoms. The zero-order valence-electron chi connectivity index (χ0n) is 8.02. The standard InChI is InChI=1S/C11H15NO.ClH/c13-8-10-6-12-7-11(10)9-4-2-1-3-5-9;/h1-5,10-13H,6-8H2;1H/t10-,11-;/m0./s1. The van der Waals surface area contributed by atoms with Crippen LogP contribution in [0, 0.1) is 5.92 Å². The van der Waals surface area contributed by atoms with Crippen LogP contribution in [0.4, 0.5) is 0 Å². The van der Waals surface area contributed by atoms with Crippen molar-refractivity contribution in [1.29, 1.82) is 0 Å². The second-order valence-corrected chi connectivity index (χ2v) is 3.62. The number of hydrogen-bond donors (Lipinski definition) is 2. The summed E-state index contributed by atoms with van der Waals surface area (Å²) in [6, 6.07) is 10.4. The van der Waals surface area contributed by atoms with Gasteiger partial charge in [0, 0.05) is 31.5 Å². The lowest BCUT2D eigenvalue weighted by Crippen LogP contribution is -2.14. The first-order valence-electron chi connectivity index (χ1n) is 4.78. The molecule has 1 aromatic carbocycles. The Labute approximate surface area is 90.7 Å². The Balaban J connectivity index is 0.000000980. The summed E-state index contributed by atoms with van der Waals surface area (Å²) in [5, 5.41) is 12.5. The van der Waals surface area contributed by atoms with Crippen LogP contribution in [0.5, 0.6) is 0 Å². The van der Waals surface area contributed by atoms with Crippen molar-refractivity contribution in [3.63, 3.8) is 0 Å². The SMILES string of the molecule is Cl.OC[C@@H]1CNC[C@H]1c1ccccc1. The maximum absolute atomic E-state index is 9.16. The quantitative estimate of drug-likeness (QED) is 0.779. The van der Waals surface area contributed by atoms with Crippen LogP contribution in [-0.4, -0.2) is 24.8 Å². The minimum atomic E-state index is 0. The molecule has 0 aromatic heterocycles. The molecule has 0 amide bonds. The zero-order valence-corrected chi connectivity index (χ0v) is 8.83. The van der Waals surface area contributed by atoms with Crippen molar-refractivity contribution in [2.45, 2.75) is 5.92 Å². The van der Waals surface area contributed by atoms with E-state index in [2.05, 4.69) is 29.6 Å². The van der Waals surface area contributed by atoms with Crippen LogP contribution in [0.1, 0.15) is 11.5 Å². The molecule has 0 aliphatic carbocycles. The molecule has 1 saturated heterocycles.